The molecule has 21 heavy (non-hydrogen) atoms. The molecule has 0 bridgehead atoms. The maximum Gasteiger partial charge on any atom is 0.244 e. The van der Waals surface area contributed by atoms with Crippen LogP contribution in [0.1, 0.15) is 75.4 Å². The SMILES string of the molecule is Cc1noc([C@H](CCCC2CCCCC2)CC(=O)NO)n1. The Morgan fingerprint density at radius 1 is 1.43 bits per heavy atom. The first-order valence-electron chi connectivity index (χ1n) is 7.92. The second-order valence-corrected chi connectivity index (χ2v) is 6.05. The molecule has 0 spiro atoms. The van der Waals surface area contributed by atoms with Gasteiger partial charge in [-0.1, -0.05) is 50.1 Å². The van der Waals surface area contributed by atoms with E-state index >= 15 is 0 Å². The summed E-state index contributed by atoms with van der Waals surface area (Å²) in [6.45, 7) is 1.76. The van der Waals surface area contributed by atoms with Crippen LogP contribution in [0.25, 0.3) is 0 Å². The predicted octanol–water partition coefficient (Wildman–Crippen LogP) is 3.11. The van der Waals surface area contributed by atoms with E-state index in [9.17, 15) is 4.79 Å². The summed E-state index contributed by atoms with van der Waals surface area (Å²) in [5.74, 6) is 1.39. The van der Waals surface area contributed by atoms with Crippen LogP contribution in [-0.2, 0) is 4.79 Å². The van der Waals surface area contributed by atoms with Gasteiger partial charge in [0.15, 0.2) is 5.82 Å². The predicted molar refractivity (Wildman–Crippen MR) is 76.7 cm³/mol. The minimum Gasteiger partial charge on any atom is -0.339 e. The molecule has 1 saturated carbocycles. The van der Waals surface area contributed by atoms with Crippen molar-refractivity contribution in [2.75, 3.05) is 0 Å². The van der Waals surface area contributed by atoms with Gasteiger partial charge in [0.2, 0.25) is 11.8 Å². The van der Waals surface area contributed by atoms with Crippen molar-refractivity contribution >= 4 is 5.91 Å². The van der Waals surface area contributed by atoms with Gasteiger partial charge in [-0.05, 0) is 19.3 Å². The monoisotopic (exact) mass is 295 g/mol. The Balaban J connectivity index is 1.84. The number of hydrogen-bond donors (Lipinski definition) is 2. The molecule has 1 atom stereocenters. The quantitative estimate of drug-likeness (QED) is 0.596. The lowest BCUT2D eigenvalue weighted by Gasteiger charge is -2.22. The average Bonchev–Trinajstić information content (AvgIpc) is 2.93. The number of carbonyl (C=O) groups excluding carboxylic acids is 1. The Bertz CT molecular complexity index is 441. The van der Waals surface area contributed by atoms with Crippen LogP contribution in [0.2, 0.25) is 0 Å². The molecule has 1 amide bonds. The summed E-state index contributed by atoms with van der Waals surface area (Å²) in [5.41, 5.74) is 1.68. The van der Waals surface area contributed by atoms with Gasteiger partial charge < -0.3 is 4.52 Å². The van der Waals surface area contributed by atoms with Gasteiger partial charge >= 0.3 is 0 Å². The van der Waals surface area contributed by atoms with Gasteiger partial charge in [-0.15, -0.1) is 0 Å². The number of amides is 1. The lowest BCUT2D eigenvalue weighted by atomic mass is 9.84. The minimum atomic E-state index is -0.409. The van der Waals surface area contributed by atoms with E-state index < -0.39 is 5.91 Å². The maximum atomic E-state index is 11.4. The molecule has 0 saturated heterocycles. The normalized spacial score (nSPS) is 17.6. The molecular formula is C15H25N3O3. The molecule has 1 aromatic heterocycles. The number of nitrogens with one attached hydrogen (secondary N) is 1. The van der Waals surface area contributed by atoms with E-state index in [4.69, 9.17) is 9.73 Å². The molecule has 1 aliphatic rings. The zero-order valence-electron chi connectivity index (χ0n) is 12.7. The second-order valence-electron chi connectivity index (χ2n) is 6.05. The van der Waals surface area contributed by atoms with Crippen LogP contribution in [0, 0.1) is 12.8 Å². The van der Waals surface area contributed by atoms with Crippen LogP contribution in [0.4, 0.5) is 0 Å². The zero-order chi connectivity index (χ0) is 15.1. The molecule has 1 aromatic rings. The van der Waals surface area contributed by atoms with Crippen molar-refractivity contribution in [2.45, 2.75) is 70.6 Å². The highest BCUT2D eigenvalue weighted by molar-refractivity contribution is 5.75. The second kappa shape index (κ2) is 8.12. The molecule has 0 unspecified atom stereocenters. The molecular weight excluding hydrogens is 270 g/mol. The van der Waals surface area contributed by atoms with Crippen LogP contribution in [0.5, 0.6) is 0 Å². The number of aromatic nitrogens is 2. The van der Waals surface area contributed by atoms with Crippen molar-refractivity contribution in [2.24, 2.45) is 5.92 Å². The van der Waals surface area contributed by atoms with Gasteiger partial charge in [0.05, 0.1) is 0 Å². The third kappa shape index (κ3) is 5.12. The van der Waals surface area contributed by atoms with E-state index in [1.54, 1.807) is 12.4 Å². The number of rotatable bonds is 7. The van der Waals surface area contributed by atoms with Gasteiger partial charge in [-0.2, -0.15) is 4.98 Å². The van der Waals surface area contributed by atoms with Crippen molar-refractivity contribution in [1.82, 2.24) is 15.6 Å². The van der Waals surface area contributed by atoms with Crippen LogP contribution >= 0.6 is 0 Å². The van der Waals surface area contributed by atoms with E-state index in [0.717, 1.165) is 18.8 Å². The Morgan fingerprint density at radius 2 is 2.19 bits per heavy atom. The number of carbonyl (C=O) groups is 1. The smallest absolute Gasteiger partial charge is 0.244 e. The first-order valence-corrected chi connectivity index (χ1v) is 7.92. The van der Waals surface area contributed by atoms with Crippen molar-refractivity contribution in [1.29, 1.82) is 0 Å². The van der Waals surface area contributed by atoms with E-state index in [1.165, 1.54) is 38.5 Å². The van der Waals surface area contributed by atoms with Gasteiger partial charge in [-0.25, -0.2) is 5.48 Å². The summed E-state index contributed by atoms with van der Waals surface area (Å²) in [4.78, 5) is 15.6. The molecule has 1 fully saturated rings. The third-order valence-electron chi connectivity index (χ3n) is 4.34. The number of hydroxylamine groups is 1. The van der Waals surface area contributed by atoms with Crippen molar-refractivity contribution in [3.05, 3.63) is 11.7 Å². The van der Waals surface area contributed by atoms with Crippen molar-refractivity contribution in [3.8, 4) is 0 Å². The standard InChI is InChI=1S/C15H25N3O3/c1-11-16-15(21-18-11)13(10-14(19)17-20)9-5-8-12-6-3-2-4-7-12/h12-13,20H,2-10H2,1H3,(H,17,19)/t13-/m1/s1. The topological polar surface area (TPSA) is 88.2 Å². The van der Waals surface area contributed by atoms with E-state index in [-0.39, 0.29) is 12.3 Å². The average molecular weight is 295 g/mol. The maximum absolute atomic E-state index is 11.4. The third-order valence-corrected chi connectivity index (χ3v) is 4.34. The van der Waals surface area contributed by atoms with Gasteiger partial charge in [0, 0.05) is 12.3 Å². The Morgan fingerprint density at radius 3 is 2.81 bits per heavy atom. The Hall–Kier alpha value is -1.43. The fourth-order valence-electron chi connectivity index (χ4n) is 3.19. The number of aryl methyl sites for hydroxylation is 1. The molecule has 1 heterocycles. The molecule has 118 valence electrons. The molecule has 0 aliphatic heterocycles. The van der Waals surface area contributed by atoms with Crippen LogP contribution < -0.4 is 5.48 Å². The fraction of sp³-hybridized carbons (Fsp3) is 0.800. The summed E-state index contributed by atoms with van der Waals surface area (Å²) in [7, 11) is 0. The summed E-state index contributed by atoms with van der Waals surface area (Å²) >= 11 is 0. The summed E-state index contributed by atoms with van der Waals surface area (Å²) in [6.07, 6.45) is 10.0. The highest BCUT2D eigenvalue weighted by Crippen LogP contribution is 2.30. The van der Waals surface area contributed by atoms with Crippen LogP contribution in [0.3, 0.4) is 0 Å². The summed E-state index contributed by atoms with van der Waals surface area (Å²) < 4.78 is 5.19. The number of nitrogens with zero attached hydrogens (tertiary/aromatic N) is 2. The van der Waals surface area contributed by atoms with Crippen LogP contribution in [-0.4, -0.2) is 21.3 Å². The lowest BCUT2D eigenvalue weighted by Crippen LogP contribution is -2.21. The van der Waals surface area contributed by atoms with Gasteiger partial charge in [0.25, 0.3) is 0 Å². The Labute approximate surface area is 125 Å². The molecule has 6 nitrogen and oxygen atoms in total. The van der Waals surface area contributed by atoms with Crippen molar-refractivity contribution in [3.63, 3.8) is 0 Å². The fourth-order valence-corrected chi connectivity index (χ4v) is 3.19. The minimum absolute atomic E-state index is 0.109. The summed E-state index contributed by atoms with van der Waals surface area (Å²) in [6, 6.07) is 0. The first kappa shape index (κ1) is 15.9. The molecule has 1 aliphatic carbocycles. The molecule has 2 rings (SSSR count). The van der Waals surface area contributed by atoms with E-state index in [1.807, 2.05) is 0 Å². The lowest BCUT2D eigenvalue weighted by molar-refractivity contribution is -0.129. The summed E-state index contributed by atoms with van der Waals surface area (Å²) in [5, 5.41) is 12.5. The highest BCUT2D eigenvalue weighted by atomic mass is 16.5. The van der Waals surface area contributed by atoms with Crippen LogP contribution in [0.15, 0.2) is 4.52 Å². The van der Waals surface area contributed by atoms with Crippen molar-refractivity contribution < 1.29 is 14.5 Å². The molecule has 6 heteroatoms. The van der Waals surface area contributed by atoms with E-state index in [0.29, 0.717) is 11.7 Å². The van der Waals surface area contributed by atoms with E-state index in [2.05, 4.69) is 10.1 Å². The molecule has 0 aromatic carbocycles. The zero-order valence-corrected chi connectivity index (χ0v) is 12.7. The largest absolute Gasteiger partial charge is 0.339 e. The first-order chi connectivity index (χ1) is 10.2. The molecule has 0 radical (unpaired) electrons. The highest BCUT2D eigenvalue weighted by Gasteiger charge is 2.22. The Kier molecular flexibility index (Phi) is 6.17. The van der Waals surface area contributed by atoms with Gasteiger partial charge in [-0.3, -0.25) is 10.0 Å². The number of hydrogen-bond acceptors (Lipinski definition) is 5. The molecule has 2 N–H and O–H groups in total. The van der Waals surface area contributed by atoms with Gasteiger partial charge in [0.1, 0.15) is 0 Å².